The Labute approximate surface area is 147 Å². The van der Waals surface area contributed by atoms with Crippen LogP contribution in [-0.2, 0) is 6.54 Å². The van der Waals surface area contributed by atoms with Crippen LogP contribution in [0.4, 0.5) is 0 Å². The molecular formula is C19H25N3O3. The predicted octanol–water partition coefficient (Wildman–Crippen LogP) is 3.04. The molecule has 2 atom stereocenters. The molecule has 1 aliphatic heterocycles. The van der Waals surface area contributed by atoms with Gasteiger partial charge in [-0.15, -0.1) is 0 Å². The highest BCUT2D eigenvalue weighted by molar-refractivity contribution is 5.31. The van der Waals surface area contributed by atoms with Crippen molar-refractivity contribution in [1.82, 2.24) is 15.0 Å². The van der Waals surface area contributed by atoms with Gasteiger partial charge in [0.15, 0.2) is 5.82 Å². The van der Waals surface area contributed by atoms with Crippen LogP contribution >= 0.6 is 0 Å². The molecule has 2 aromatic rings. The summed E-state index contributed by atoms with van der Waals surface area (Å²) < 4.78 is 10.8. The summed E-state index contributed by atoms with van der Waals surface area (Å²) in [5, 5.41) is 14.4. The Balaban J connectivity index is 1.50. The van der Waals surface area contributed by atoms with E-state index in [1.54, 1.807) is 7.11 Å². The molecule has 1 aromatic carbocycles. The quantitative estimate of drug-likeness (QED) is 0.900. The Hall–Kier alpha value is -1.92. The molecule has 2 fully saturated rings. The van der Waals surface area contributed by atoms with Crippen molar-refractivity contribution in [2.24, 2.45) is 0 Å². The molecule has 0 spiro atoms. The van der Waals surface area contributed by atoms with Crippen LogP contribution in [0.5, 0.6) is 5.75 Å². The number of aliphatic hydroxyl groups excluding tert-OH is 1. The van der Waals surface area contributed by atoms with E-state index in [-0.39, 0.29) is 12.1 Å². The van der Waals surface area contributed by atoms with E-state index < -0.39 is 0 Å². The fourth-order valence-electron chi connectivity index (χ4n) is 4.11. The minimum Gasteiger partial charge on any atom is -0.497 e. The van der Waals surface area contributed by atoms with Gasteiger partial charge in [0.1, 0.15) is 5.75 Å². The molecule has 4 rings (SSSR count). The Kier molecular flexibility index (Phi) is 4.72. The topological polar surface area (TPSA) is 71.6 Å². The summed E-state index contributed by atoms with van der Waals surface area (Å²) in [5.74, 6) is 2.78. The van der Waals surface area contributed by atoms with Gasteiger partial charge in [0.05, 0.1) is 19.8 Å². The average molecular weight is 343 g/mol. The number of methoxy groups -OCH3 is 1. The first kappa shape index (κ1) is 16.5. The van der Waals surface area contributed by atoms with Gasteiger partial charge in [-0.05, 0) is 37.0 Å². The van der Waals surface area contributed by atoms with Gasteiger partial charge in [-0.25, -0.2) is 0 Å². The number of rotatable bonds is 5. The van der Waals surface area contributed by atoms with Crippen LogP contribution < -0.4 is 4.74 Å². The first-order valence-corrected chi connectivity index (χ1v) is 9.11. The zero-order valence-corrected chi connectivity index (χ0v) is 14.6. The number of hydrogen-bond acceptors (Lipinski definition) is 6. The van der Waals surface area contributed by atoms with Crippen molar-refractivity contribution in [3.8, 4) is 5.75 Å². The molecule has 1 saturated heterocycles. The van der Waals surface area contributed by atoms with E-state index in [0.29, 0.717) is 31.3 Å². The molecule has 0 radical (unpaired) electrons. The fraction of sp³-hybridized carbons (Fsp3) is 0.579. The number of likely N-dealkylation sites (tertiary alicyclic amines) is 1. The number of ether oxygens (including phenoxy) is 1. The molecule has 0 bridgehead atoms. The van der Waals surface area contributed by atoms with E-state index in [0.717, 1.165) is 30.0 Å². The molecule has 2 heterocycles. The number of hydrogen-bond donors (Lipinski definition) is 1. The van der Waals surface area contributed by atoms with Gasteiger partial charge in [-0.2, -0.15) is 4.98 Å². The van der Waals surface area contributed by atoms with E-state index in [9.17, 15) is 5.11 Å². The average Bonchev–Trinajstić information content (AvgIpc) is 3.36. The molecule has 6 heteroatoms. The lowest BCUT2D eigenvalue weighted by Crippen LogP contribution is -2.24. The Morgan fingerprint density at radius 1 is 1.32 bits per heavy atom. The summed E-state index contributed by atoms with van der Waals surface area (Å²) in [6.07, 6.45) is 5.20. The third-order valence-electron chi connectivity index (χ3n) is 5.40. The third-order valence-corrected chi connectivity index (χ3v) is 5.40. The van der Waals surface area contributed by atoms with Gasteiger partial charge in [-0.1, -0.05) is 30.1 Å². The molecular weight excluding hydrogens is 318 g/mol. The highest BCUT2D eigenvalue weighted by Gasteiger charge is 2.33. The lowest BCUT2D eigenvalue weighted by Gasteiger charge is -2.23. The second kappa shape index (κ2) is 7.14. The molecule has 0 amide bonds. The van der Waals surface area contributed by atoms with Gasteiger partial charge in [0.25, 0.3) is 0 Å². The number of β-amino-alcohol motifs (C(OH)–C–C–N with tert-alkyl or cyclic N) is 1. The molecule has 6 nitrogen and oxygen atoms in total. The molecule has 1 N–H and O–H groups in total. The maximum absolute atomic E-state index is 10.2. The van der Waals surface area contributed by atoms with Gasteiger partial charge in [0.2, 0.25) is 5.89 Å². The predicted molar refractivity (Wildman–Crippen MR) is 92.3 cm³/mol. The van der Waals surface area contributed by atoms with Gasteiger partial charge >= 0.3 is 0 Å². The van der Waals surface area contributed by atoms with Crippen LogP contribution in [0.2, 0.25) is 0 Å². The molecule has 1 saturated carbocycles. The fourth-order valence-corrected chi connectivity index (χ4v) is 4.11. The summed E-state index contributed by atoms with van der Waals surface area (Å²) in [4.78, 5) is 6.83. The van der Waals surface area contributed by atoms with Crippen LogP contribution in [0.3, 0.4) is 0 Å². The number of benzene rings is 1. The summed E-state index contributed by atoms with van der Waals surface area (Å²) in [7, 11) is 1.67. The van der Waals surface area contributed by atoms with Crippen LogP contribution in [0, 0.1) is 0 Å². The third kappa shape index (κ3) is 3.55. The maximum atomic E-state index is 10.2. The van der Waals surface area contributed by atoms with Gasteiger partial charge in [-0.3, -0.25) is 4.90 Å². The van der Waals surface area contributed by atoms with Crippen molar-refractivity contribution >= 4 is 0 Å². The van der Waals surface area contributed by atoms with Crippen molar-refractivity contribution in [3.05, 3.63) is 41.5 Å². The minimum atomic E-state index is -0.339. The SMILES string of the molecule is COc1cccc(C2CC(O)CN2Cc2nc(C3CCCC3)no2)c1. The van der Waals surface area contributed by atoms with Crippen LogP contribution in [0.1, 0.15) is 61.3 Å². The Morgan fingerprint density at radius 2 is 2.16 bits per heavy atom. The standard InChI is InChI=1S/C19H25N3O3/c1-24-16-8-4-7-14(9-16)17-10-15(23)11-22(17)12-18-20-19(21-25-18)13-5-2-3-6-13/h4,7-9,13,15,17,23H,2-3,5-6,10-12H2,1H3. The smallest absolute Gasteiger partial charge is 0.240 e. The number of aromatic nitrogens is 2. The highest BCUT2D eigenvalue weighted by atomic mass is 16.5. The largest absolute Gasteiger partial charge is 0.497 e. The molecule has 2 unspecified atom stereocenters. The van der Waals surface area contributed by atoms with Crippen molar-refractivity contribution < 1.29 is 14.4 Å². The van der Waals surface area contributed by atoms with Crippen molar-refractivity contribution in [2.45, 2.75) is 56.7 Å². The minimum absolute atomic E-state index is 0.131. The first-order chi connectivity index (χ1) is 12.2. The molecule has 2 aliphatic rings. The monoisotopic (exact) mass is 343 g/mol. The summed E-state index contributed by atoms with van der Waals surface area (Å²) >= 11 is 0. The lowest BCUT2D eigenvalue weighted by molar-refractivity contribution is 0.164. The molecule has 134 valence electrons. The van der Waals surface area contributed by atoms with E-state index in [1.807, 2.05) is 18.2 Å². The van der Waals surface area contributed by atoms with E-state index in [1.165, 1.54) is 12.8 Å². The lowest BCUT2D eigenvalue weighted by atomic mass is 10.0. The summed E-state index contributed by atoms with van der Waals surface area (Å²) in [6, 6.07) is 8.17. The zero-order chi connectivity index (χ0) is 17.2. The van der Waals surface area contributed by atoms with Crippen LogP contribution in [0.15, 0.2) is 28.8 Å². The molecule has 25 heavy (non-hydrogen) atoms. The maximum Gasteiger partial charge on any atom is 0.240 e. The van der Waals surface area contributed by atoms with Crippen molar-refractivity contribution in [2.75, 3.05) is 13.7 Å². The van der Waals surface area contributed by atoms with E-state index in [4.69, 9.17) is 9.26 Å². The first-order valence-electron chi connectivity index (χ1n) is 9.11. The van der Waals surface area contributed by atoms with Gasteiger partial charge in [0, 0.05) is 18.5 Å². The molecule has 1 aliphatic carbocycles. The van der Waals surface area contributed by atoms with E-state index in [2.05, 4.69) is 21.1 Å². The normalized spacial score (nSPS) is 24.9. The van der Waals surface area contributed by atoms with Crippen molar-refractivity contribution in [3.63, 3.8) is 0 Å². The summed E-state index contributed by atoms with van der Waals surface area (Å²) in [6.45, 7) is 1.18. The summed E-state index contributed by atoms with van der Waals surface area (Å²) in [5.41, 5.74) is 1.14. The van der Waals surface area contributed by atoms with Crippen LogP contribution in [0.25, 0.3) is 0 Å². The Bertz CT molecular complexity index is 711. The molecule has 1 aromatic heterocycles. The number of nitrogens with zero attached hydrogens (tertiary/aromatic N) is 3. The van der Waals surface area contributed by atoms with Crippen LogP contribution in [-0.4, -0.2) is 39.9 Å². The van der Waals surface area contributed by atoms with Crippen molar-refractivity contribution in [1.29, 1.82) is 0 Å². The highest BCUT2D eigenvalue weighted by Crippen LogP contribution is 2.35. The van der Waals surface area contributed by atoms with E-state index >= 15 is 0 Å². The second-order valence-corrected chi connectivity index (χ2v) is 7.14. The zero-order valence-electron chi connectivity index (χ0n) is 14.6. The number of aliphatic hydroxyl groups is 1. The van der Waals surface area contributed by atoms with Gasteiger partial charge < -0.3 is 14.4 Å². The Morgan fingerprint density at radius 3 is 2.96 bits per heavy atom. The second-order valence-electron chi connectivity index (χ2n) is 7.14.